The minimum atomic E-state index is -3.92. The molecule has 2 aromatic carbocycles. The molecule has 10 nitrogen and oxygen atoms in total. The van der Waals surface area contributed by atoms with Gasteiger partial charge in [-0.15, -0.1) is 5.10 Å². The first kappa shape index (κ1) is 25.1. The molecule has 0 unspecified atom stereocenters. The summed E-state index contributed by atoms with van der Waals surface area (Å²) in [6.45, 7) is 4.05. The number of fused-ring (bicyclic) bond motifs is 2. The van der Waals surface area contributed by atoms with Crippen molar-refractivity contribution < 1.29 is 13.2 Å². The molecule has 1 fully saturated rings. The molecule has 3 heterocycles. The zero-order valence-corrected chi connectivity index (χ0v) is 22.5. The number of pyridine rings is 1. The number of anilines is 1. The predicted molar refractivity (Wildman–Crippen MR) is 149 cm³/mol. The molecule has 2 N–H and O–H groups in total. The van der Waals surface area contributed by atoms with Gasteiger partial charge < -0.3 is 9.72 Å². The van der Waals surface area contributed by atoms with Crippen molar-refractivity contribution in [3.63, 3.8) is 0 Å². The van der Waals surface area contributed by atoms with Crippen LogP contribution < -0.4 is 15.0 Å². The Morgan fingerprint density at radius 3 is 2.74 bits per heavy atom. The highest BCUT2D eigenvalue weighted by Crippen LogP contribution is 2.35. The Bertz CT molecular complexity index is 1870. The maximum absolute atomic E-state index is 13.3. The van der Waals surface area contributed by atoms with E-state index in [0.29, 0.717) is 40.3 Å². The number of aromatic nitrogens is 5. The first-order valence-electron chi connectivity index (χ1n) is 13.0. The van der Waals surface area contributed by atoms with Gasteiger partial charge in [-0.25, -0.2) is 17.9 Å². The fourth-order valence-corrected chi connectivity index (χ4v) is 6.32. The van der Waals surface area contributed by atoms with Crippen molar-refractivity contribution in [1.82, 2.24) is 24.6 Å². The summed E-state index contributed by atoms with van der Waals surface area (Å²) < 4.78 is 36.7. The summed E-state index contributed by atoms with van der Waals surface area (Å²) in [6.07, 6.45) is 5.88. The van der Waals surface area contributed by atoms with E-state index < -0.39 is 10.0 Å². The van der Waals surface area contributed by atoms with E-state index in [9.17, 15) is 13.2 Å². The minimum absolute atomic E-state index is 0.0900. The van der Waals surface area contributed by atoms with Crippen LogP contribution >= 0.6 is 0 Å². The Balaban J connectivity index is 1.43. The summed E-state index contributed by atoms with van der Waals surface area (Å²) in [5.74, 6) is 1.77. The van der Waals surface area contributed by atoms with Gasteiger partial charge in [0.1, 0.15) is 11.6 Å². The summed E-state index contributed by atoms with van der Waals surface area (Å²) in [5, 5.41) is 5.62. The Morgan fingerprint density at radius 1 is 1.13 bits per heavy atom. The number of aromatic amines is 1. The maximum Gasteiger partial charge on any atom is 0.277 e. The van der Waals surface area contributed by atoms with Gasteiger partial charge in [0.2, 0.25) is 0 Å². The molecule has 5 aromatic rings. The molecule has 1 aliphatic carbocycles. The molecular weight excluding hydrogens is 516 g/mol. The first-order chi connectivity index (χ1) is 18.8. The van der Waals surface area contributed by atoms with Crippen molar-refractivity contribution in [3.05, 3.63) is 76.6 Å². The topological polar surface area (TPSA) is 131 Å². The normalized spacial score (nSPS) is 14.3. The van der Waals surface area contributed by atoms with Crippen molar-refractivity contribution in [2.45, 2.75) is 50.3 Å². The third-order valence-electron chi connectivity index (χ3n) is 7.10. The van der Waals surface area contributed by atoms with Gasteiger partial charge in [0.05, 0.1) is 28.3 Å². The smallest absolute Gasteiger partial charge is 0.277 e. The molecule has 0 bridgehead atoms. The monoisotopic (exact) mass is 544 g/mol. The molecule has 0 amide bonds. The zero-order chi connectivity index (χ0) is 27.1. The number of ether oxygens (including phenoxy) is 1. The molecule has 3 aromatic heterocycles. The molecule has 11 heteroatoms. The largest absolute Gasteiger partial charge is 0.493 e. The van der Waals surface area contributed by atoms with Gasteiger partial charge in [0, 0.05) is 23.2 Å². The lowest BCUT2D eigenvalue weighted by atomic mass is 10.1. The van der Waals surface area contributed by atoms with Crippen molar-refractivity contribution in [2.75, 3.05) is 11.3 Å². The van der Waals surface area contributed by atoms with E-state index in [1.54, 1.807) is 47.1 Å². The number of hydrogen-bond acceptors (Lipinski definition) is 7. The summed E-state index contributed by atoms with van der Waals surface area (Å²) in [4.78, 5) is 25.1. The number of nitrogens with zero attached hydrogens (tertiary/aromatic N) is 4. The summed E-state index contributed by atoms with van der Waals surface area (Å²) >= 11 is 0. The molecule has 1 saturated carbocycles. The number of rotatable bonds is 7. The summed E-state index contributed by atoms with van der Waals surface area (Å²) in [5.41, 5.74) is 2.08. The van der Waals surface area contributed by atoms with Crippen LogP contribution in [-0.2, 0) is 10.0 Å². The summed E-state index contributed by atoms with van der Waals surface area (Å²) in [7, 11) is -3.92. The van der Waals surface area contributed by atoms with E-state index in [4.69, 9.17) is 14.8 Å². The second-order valence-electron chi connectivity index (χ2n) is 9.71. The zero-order valence-electron chi connectivity index (χ0n) is 21.6. The number of benzene rings is 2. The highest BCUT2D eigenvalue weighted by molar-refractivity contribution is 7.92. The van der Waals surface area contributed by atoms with Gasteiger partial charge in [0.25, 0.3) is 15.6 Å². The van der Waals surface area contributed by atoms with Gasteiger partial charge in [-0.3, -0.25) is 14.5 Å². The fourth-order valence-electron chi connectivity index (χ4n) is 5.25. The molecule has 39 heavy (non-hydrogen) atoms. The average Bonchev–Trinajstić information content (AvgIpc) is 3.57. The summed E-state index contributed by atoms with van der Waals surface area (Å²) in [6, 6.07) is 13.4. The van der Waals surface area contributed by atoms with Crippen LogP contribution in [0.1, 0.15) is 50.0 Å². The van der Waals surface area contributed by atoms with E-state index in [0.717, 1.165) is 36.9 Å². The Labute approximate surface area is 225 Å². The molecule has 0 spiro atoms. The van der Waals surface area contributed by atoms with Crippen molar-refractivity contribution in [2.24, 2.45) is 0 Å². The van der Waals surface area contributed by atoms with Crippen LogP contribution in [0, 0.1) is 6.92 Å². The van der Waals surface area contributed by atoms with Gasteiger partial charge in [-0.1, -0.05) is 25.0 Å². The Morgan fingerprint density at radius 2 is 1.95 bits per heavy atom. The first-order valence-corrected chi connectivity index (χ1v) is 14.5. The maximum atomic E-state index is 13.3. The van der Waals surface area contributed by atoms with Gasteiger partial charge in [-0.05, 0) is 63.1 Å². The van der Waals surface area contributed by atoms with E-state index in [1.165, 1.54) is 6.07 Å². The SMILES string of the molecule is CCOc1ccc(NS(=O)(=O)c2ccc3cccnc3c2)cc1-c1nn2c(C3CCCC3)nc(C)c2c(=O)[nH]1. The highest BCUT2D eigenvalue weighted by Gasteiger charge is 2.25. The van der Waals surface area contributed by atoms with E-state index in [1.807, 2.05) is 19.9 Å². The average molecular weight is 545 g/mol. The molecular formula is C28H28N6O4S. The van der Waals surface area contributed by atoms with E-state index in [2.05, 4.69) is 14.7 Å². The lowest BCUT2D eigenvalue weighted by Crippen LogP contribution is -2.17. The lowest BCUT2D eigenvalue weighted by Gasteiger charge is -2.14. The van der Waals surface area contributed by atoms with Crippen LogP contribution in [0.2, 0.25) is 0 Å². The predicted octanol–water partition coefficient (Wildman–Crippen LogP) is 4.80. The standard InChI is InChI=1S/C28H28N6O4S/c1-3-38-24-13-11-20(33-39(36,37)21-12-10-18-9-6-14-29-23(18)16-21)15-22(24)26-31-28(35)25-17(2)30-27(34(25)32-26)19-7-4-5-8-19/h6,9-16,19,33H,3-5,7-8H2,1-2H3,(H,31,32,35). The van der Waals surface area contributed by atoms with Crippen LogP contribution in [0.3, 0.4) is 0 Å². The lowest BCUT2D eigenvalue weighted by molar-refractivity contribution is 0.341. The number of H-pyrrole nitrogens is 1. The molecule has 0 radical (unpaired) electrons. The molecule has 200 valence electrons. The van der Waals surface area contributed by atoms with Crippen LogP contribution in [-0.4, -0.2) is 39.6 Å². The molecule has 0 atom stereocenters. The number of aryl methyl sites for hydroxylation is 1. The Hall–Kier alpha value is -4.25. The second kappa shape index (κ2) is 9.81. The Kier molecular flexibility index (Phi) is 6.30. The van der Waals surface area contributed by atoms with E-state index in [-0.39, 0.29) is 22.2 Å². The third-order valence-corrected chi connectivity index (χ3v) is 8.47. The third kappa shape index (κ3) is 4.63. The quantitative estimate of drug-likeness (QED) is 0.301. The van der Waals surface area contributed by atoms with Gasteiger partial charge in [0.15, 0.2) is 11.3 Å². The molecule has 6 rings (SSSR count). The number of hydrogen-bond donors (Lipinski definition) is 2. The van der Waals surface area contributed by atoms with E-state index >= 15 is 0 Å². The highest BCUT2D eigenvalue weighted by atomic mass is 32.2. The molecule has 0 saturated heterocycles. The van der Waals surface area contributed by atoms with Crippen molar-refractivity contribution in [1.29, 1.82) is 0 Å². The van der Waals surface area contributed by atoms with Crippen molar-refractivity contribution >= 4 is 32.1 Å². The van der Waals surface area contributed by atoms with Crippen molar-refractivity contribution in [3.8, 4) is 17.1 Å². The number of imidazole rings is 1. The van der Waals surface area contributed by atoms with Crippen LogP contribution in [0.25, 0.3) is 27.8 Å². The second-order valence-corrected chi connectivity index (χ2v) is 11.4. The minimum Gasteiger partial charge on any atom is -0.493 e. The van der Waals surface area contributed by atoms with Gasteiger partial charge in [-0.2, -0.15) is 0 Å². The molecule has 1 aliphatic rings. The van der Waals surface area contributed by atoms with Gasteiger partial charge >= 0.3 is 0 Å². The fraction of sp³-hybridized carbons (Fsp3) is 0.286. The molecule has 0 aliphatic heterocycles. The van der Waals surface area contributed by atoms with Crippen LogP contribution in [0.15, 0.2) is 64.4 Å². The number of sulfonamides is 1. The van der Waals surface area contributed by atoms with Crippen LogP contribution in [0.4, 0.5) is 5.69 Å². The van der Waals surface area contributed by atoms with Crippen LogP contribution in [0.5, 0.6) is 5.75 Å². The number of nitrogens with one attached hydrogen (secondary N) is 2.